The van der Waals surface area contributed by atoms with E-state index in [1.807, 2.05) is 20.8 Å². The first-order valence-electron chi connectivity index (χ1n) is 7.95. The maximum atomic E-state index is 11.5. The van der Waals surface area contributed by atoms with Gasteiger partial charge in [0.2, 0.25) is 0 Å². The molecule has 0 aliphatic heterocycles. The molecule has 0 aliphatic rings. The first-order chi connectivity index (χ1) is 9.60. The van der Waals surface area contributed by atoms with E-state index in [0.717, 1.165) is 25.9 Å². The molecule has 0 aromatic carbocycles. The monoisotopic (exact) mass is 301 g/mol. The SMILES string of the molecule is CC(C)CC(CN(C)C)NCCCNC(=O)OC(C)(C)C. The second kappa shape index (κ2) is 10.0. The fraction of sp³-hybridized carbons (Fsp3) is 0.938. The molecule has 0 aliphatic carbocycles. The van der Waals surface area contributed by atoms with Gasteiger partial charge in [0, 0.05) is 19.1 Å². The van der Waals surface area contributed by atoms with E-state index in [0.29, 0.717) is 18.5 Å². The summed E-state index contributed by atoms with van der Waals surface area (Å²) in [5, 5.41) is 6.35. The van der Waals surface area contributed by atoms with E-state index in [4.69, 9.17) is 4.74 Å². The van der Waals surface area contributed by atoms with Gasteiger partial charge in [0.25, 0.3) is 0 Å². The van der Waals surface area contributed by atoms with Gasteiger partial charge in [-0.2, -0.15) is 0 Å². The average Bonchev–Trinajstić information content (AvgIpc) is 2.23. The summed E-state index contributed by atoms with van der Waals surface area (Å²) in [5.74, 6) is 0.683. The van der Waals surface area contributed by atoms with Crippen molar-refractivity contribution < 1.29 is 9.53 Å². The molecule has 1 atom stereocenters. The number of nitrogens with one attached hydrogen (secondary N) is 2. The molecule has 0 heterocycles. The van der Waals surface area contributed by atoms with Crippen LogP contribution in [0.4, 0.5) is 4.79 Å². The Kier molecular flexibility index (Phi) is 9.62. The zero-order chi connectivity index (χ0) is 16.5. The molecule has 0 aromatic rings. The van der Waals surface area contributed by atoms with Gasteiger partial charge in [0.15, 0.2) is 0 Å². The molecule has 1 amide bonds. The van der Waals surface area contributed by atoms with Crippen LogP contribution >= 0.6 is 0 Å². The molecule has 0 spiro atoms. The Morgan fingerprint density at radius 1 is 1.19 bits per heavy atom. The predicted molar refractivity (Wildman–Crippen MR) is 88.7 cm³/mol. The van der Waals surface area contributed by atoms with Crippen molar-refractivity contribution in [2.24, 2.45) is 5.92 Å². The number of nitrogens with zero attached hydrogens (tertiary/aromatic N) is 1. The van der Waals surface area contributed by atoms with E-state index in [2.05, 4.69) is 43.5 Å². The molecule has 21 heavy (non-hydrogen) atoms. The van der Waals surface area contributed by atoms with Gasteiger partial charge in [-0.1, -0.05) is 13.8 Å². The molecule has 0 bridgehead atoms. The van der Waals surface area contributed by atoms with Crippen molar-refractivity contribution >= 4 is 6.09 Å². The topological polar surface area (TPSA) is 53.6 Å². The molecule has 1 unspecified atom stereocenters. The van der Waals surface area contributed by atoms with Gasteiger partial charge in [-0.3, -0.25) is 0 Å². The third-order valence-corrected chi connectivity index (χ3v) is 2.80. The lowest BCUT2D eigenvalue weighted by molar-refractivity contribution is 0.0527. The number of hydrogen-bond donors (Lipinski definition) is 2. The Morgan fingerprint density at radius 2 is 1.81 bits per heavy atom. The minimum Gasteiger partial charge on any atom is -0.444 e. The van der Waals surface area contributed by atoms with Crippen LogP contribution in [0.2, 0.25) is 0 Å². The number of rotatable bonds is 9. The molecule has 0 aromatic heterocycles. The highest BCUT2D eigenvalue weighted by Crippen LogP contribution is 2.07. The second-order valence-corrected chi connectivity index (χ2v) is 7.33. The van der Waals surface area contributed by atoms with Crippen molar-refractivity contribution in [3.8, 4) is 0 Å². The predicted octanol–water partition coefficient (Wildman–Crippen LogP) is 2.47. The number of carbonyl (C=O) groups is 1. The normalized spacial score (nSPS) is 13.6. The molecule has 0 radical (unpaired) electrons. The Balaban J connectivity index is 3.82. The van der Waals surface area contributed by atoms with Crippen LogP contribution < -0.4 is 10.6 Å². The first kappa shape index (κ1) is 20.2. The van der Waals surface area contributed by atoms with Crippen LogP contribution in [0.15, 0.2) is 0 Å². The van der Waals surface area contributed by atoms with Gasteiger partial charge >= 0.3 is 6.09 Å². The highest BCUT2D eigenvalue weighted by Gasteiger charge is 2.15. The van der Waals surface area contributed by atoms with Gasteiger partial charge in [-0.15, -0.1) is 0 Å². The van der Waals surface area contributed by atoms with Crippen LogP contribution in [0.1, 0.15) is 47.5 Å². The third kappa shape index (κ3) is 13.9. The van der Waals surface area contributed by atoms with Crippen LogP contribution in [-0.4, -0.2) is 56.4 Å². The Hall–Kier alpha value is -0.810. The quantitative estimate of drug-likeness (QED) is 0.642. The van der Waals surface area contributed by atoms with Gasteiger partial charge in [-0.25, -0.2) is 4.79 Å². The van der Waals surface area contributed by atoms with Gasteiger partial charge in [0.1, 0.15) is 5.60 Å². The first-order valence-corrected chi connectivity index (χ1v) is 7.95. The standard InChI is InChI=1S/C16H35N3O2/c1-13(2)11-14(12-19(6)7)17-9-8-10-18-15(20)21-16(3,4)5/h13-14,17H,8-12H2,1-7H3,(H,18,20). The largest absolute Gasteiger partial charge is 0.444 e. The van der Waals surface area contributed by atoms with Gasteiger partial charge in [-0.05, 0) is 60.2 Å². The molecule has 0 rings (SSSR count). The van der Waals surface area contributed by atoms with Gasteiger partial charge < -0.3 is 20.3 Å². The summed E-state index contributed by atoms with van der Waals surface area (Å²) in [6.45, 7) is 12.7. The fourth-order valence-electron chi connectivity index (χ4n) is 2.13. The summed E-state index contributed by atoms with van der Waals surface area (Å²) in [4.78, 5) is 13.7. The van der Waals surface area contributed by atoms with Crippen molar-refractivity contribution in [1.29, 1.82) is 0 Å². The number of amides is 1. The minimum absolute atomic E-state index is 0.338. The highest BCUT2D eigenvalue weighted by atomic mass is 16.6. The summed E-state index contributed by atoms with van der Waals surface area (Å²) in [6.07, 6.45) is 1.73. The summed E-state index contributed by atoms with van der Waals surface area (Å²) < 4.78 is 5.19. The van der Waals surface area contributed by atoms with Crippen molar-refractivity contribution in [3.05, 3.63) is 0 Å². The number of likely N-dealkylation sites (N-methyl/N-ethyl adjacent to an activating group) is 1. The highest BCUT2D eigenvalue weighted by molar-refractivity contribution is 5.67. The zero-order valence-electron chi connectivity index (χ0n) is 15.0. The molecule has 5 nitrogen and oxygen atoms in total. The summed E-state index contributed by atoms with van der Waals surface area (Å²) >= 11 is 0. The Labute approximate surface area is 130 Å². The smallest absolute Gasteiger partial charge is 0.407 e. The third-order valence-electron chi connectivity index (χ3n) is 2.80. The molecule has 0 fully saturated rings. The van der Waals surface area contributed by atoms with E-state index in [9.17, 15) is 4.79 Å². The van der Waals surface area contributed by atoms with E-state index in [-0.39, 0.29) is 6.09 Å². The zero-order valence-corrected chi connectivity index (χ0v) is 15.0. The molecule has 0 saturated heterocycles. The lowest BCUT2D eigenvalue weighted by Crippen LogP contribution is -2.40. The molecule has 0 saturated carbocycles. The van der Waals surface area contributed by atoms with Crippen molar-refractivity contribution in [2.45, 2.75) is 59.1 Å². The van der Waals surface area contributed by atoms with E-state index in [1.54, 1.807) is 0 Å². The van der Waals surface area contributed by atoms with Crippen molar-refractivity contribution in [2.75, 3.05) is 33.7 Å². The number of alkyl carbamates (subject to hydrolysis) is 1. The van der Waals surface area contributed by atoms with Crippen LogP contribution in [0.5, 0.6) is 0 Å². The van der Waals surface area contributed by atoms with Crippen molar-refractivity contribution in [3.63, 3.8) is 0 Å². The molecule has 126 valence electrons. The van der Waals surface area contributed by atoms with E-state index >= 15 is 0 Å². The van der Waals surface area contributed by atoms with E-state index in [1.165, 1.54) is 0 Å². The minimum atomic E-state index is -0.434. The fourth-order valence-corrected chi connectivity index (χ4v) is 2.13. The van der Waals surface area contributed by atoms with Crippen molar-refractivity contribution in [1.82, 2.24) is 15.5 Å². The molecule has 5 heteroatoms. The second-order valence-electron chi connectivity index (χ2n) is 7.33. The average molecular weight is 301 g/mol. The lowest BCUT2D eigenvalue weighted by Gasteiger charge is -2.24. The maximum absolute atomic E-state index is 11.5. The molecular formula is C16H35N3O2. The van der Waals surface area contributed by atoms with Crippen LogP contribution in [0.3, 0.4) is 0 Å². The summed E-state index contributed by atoms with van der Waals surface area (Å²) in [6, 6.07) is 0.501. The maximum Gasteiger partial charge on any atom is 0.407 e. The van der Waals surface area contributed by atoms with E-state index < -0.39 is 5.60 Å². The molecule has 2 N–H and O–H groups in total. The van der Waals surface area contributed by atoms with Crippen LogP contribution in [-0.2, 0) is 4.74 Å². The molecular weight excluding hydrogens is 266 g/mol. The Morgan fingerprint density at radius 3 is 2.29 bits per heavy atom. The number of carbonyl (C=O) groups excluding carboxylic acids is 1. The Bertz CT molecular complexity index is 276. The number of ether oxygens (including phenoxy) is 1. The van der Waals surface area contributed by atoms with Crippen LogP contribution in [0.25, 0.3) is 0 Å². The lowest BCUT2D eigenvalue weighted by atomic mass is 10.0. The van der Waals surface area contributed by atoms with Crippen LogP contribution in [0, 0.1) is 5.92 Å². The number of hydrogen-bond acceptors (Lipinski definition) is 4. The summed E-state index contributed by atoms with van der Waals surface area (Å²) in [5.41, 5.74) is -0.434. The van der Waals surface area contributed by atoms with Gasteiger partial charge in [0.05, 0.1) is 0 Å². The summed E-state index contributed by atoms with van der Waals surface area (Å²) in [7, 11) is 4.19.